The zero-order valence-electron chi connectivity index (χ0n) is 19.2. The average molecular weight is 485 g/mol. The van der Waals surface area contributed by atoms with Crippen LogP contribution in [0.2, 0.25) is 0 Å². The van der Waals surface area contributed by atoms with Gasteiger partial charge in [0.25, 0.3) is 5.56 Å². The van der Waals surface area contributed by atoms with Crippen LogP contribution in [0.25, 0.3) is 10.3 Å². The molecule has 0 unspecified atom stereocenters. The van der Waals surface area contributed by atoms with Crippen LogP contribution in [0.5, 0.6) is 5.75 Å². The summed E-state index contributed by atoms with van der Waals surface area (Å²) in [7, 11) is 1.59. The Morgan fingerprint density at radius 3 is 2.94 bits per heavy atom. The number of piperidine rings is 1. The van der Waals surface area contributed by atoms with Crippen molar-refractivity contribution in [2.45, 2.75) is 32.9 Å². The van der Waals surface area contributed by atoms with Gasteiger partial charge in [-0.1, -0.05) is 23.5 Å². The van der Waals surface area contributed by atoms with Crippen LogP contribution >= 0.6 is 11.3 Å². The first-order chi connectivity index (χ1) is 16.5. The molecule has 0 saturated carbocycles. The molecular formula is C23H28N6O4S. The lowest BCUT2D eigenvalue weighted by molar-refractivity contribution is -0.125. The molecule has 2 amide bonds. The lowest BCUT2D eigenvalue weighted by atomic mass is 9.97. The third-order valence-electron chi connectivity index (χ3n) is 5.72. The maximum Gasteiger partial charge on any atom is 0.273 e. The zero-order valence-corrected chi connectivity index (χ0v) is 20.1. The number of carbonyl (C=O) groups is 2. The van der Waals surface area contributed by atoms with E-state index in [1.807, 2.05) is 36.1 Å². The second-order valence-electron chi connectivity index (χ2n) is 8.13. The first-order valence-corrected chi connectivity index (χ1v) is 12.1. The molecule has 1 atom stereocenters. The number of thiazole rings is 1. The second kappa shape index (κ2) is 10.6. The Bertz CT molecular complexity index is 1240. The van der Waals surface area contributed by atoms with Crippen LogP contribution in [0.3, 0.4) is 0 Å². The SMILES string of the molecule is CCNC(=O)[C@H]1CCCN(c2nc3ncn(CC(=O)NCc4cccc(OC)c4)c(=O)c3s2)C1. The monoisotopic (exact) mass is 484 g/mol. The predicted molar refractivity (Wildman–Crippen MR) is 130 cm³/mol. The van der Waals surface area contributed by atoms with Gasteiger partial charge in [0.2, 0.25) is 11.8 Å². The van der Waals surface area contributed by atoms with Gasteiger partial charge in [-0.2, -0.15) is 4.98 Å². The van der Waals surface area contributed by atoms with Crippen LogP contribution in [0.4, 0.5) is 5.13 Å². The predicted octanol–water partition coefficient (Wildman–Crippen LogP) is 1.53. The van der Waals surface area contributed by atoms with Crippen molar-refractivity contribution in [3.05, 3.63) is 46.5 Å². The van der Waals surface area contributed by atoms with Gasteiger partial charge in [-0.05, 0) is 37.5 Å². The first kappa shape index (κ1) is 23.7. The smallest absolute Gasteiger partial charge is 0.273 e. The highest BCUT2D eigenvalue weighted by Gasteiger charge is 2.27. The molecule has 10 nitrogen and oxygen atoms in total. The summed E-state index contributed by atoms with van der Waals surface area (Å²) in [5, 5.41) is 6.37. The summed E-state index contributed by atoms with van der Waals surface area (Å²) in [6.45, 7) is 4.03. The fourth-order valence-corrected chi connectivity index (χ4v) is 4.96. The summed E-state index contributed by atoms with van der Waals surface area (Å²) in [6.07, 6.45) is 3.07. The number of benzene rings is 1. The second-order valence-corrected chi connectivity index (χ2v) is 9.11. The minimum atomic E-state index is -0.303. The molecular weight excluding hydrogens is 456 g/mol. The van der Waals surface area contributed by atoms with Gasteiger partial charge in [-0.3, -0.25) is 19.0 Å². The molecule has 2 aromatic heterocycles. The number of amides is 2. The van der Waals surface area contributed by atoms with Crippen molar-refractivity contribution >= 4 is 38.6 Å². The van der Waals surface area contributed by atoms with Gasteiger partial charge in [-0.25, -0.2) is 4.98 Å². The molecule has 34 heavy (non-hydrogen) atoms. The summed E-state index contributed by atoms with van der Waals surface area (Å²) < 4.78 is 6.89. The van der Waals surface area contributed by atoms with Gasteiger partial charge in [0, 0.05) is 26.2 Å². The van der Waals surface area contributed by atoms with Crippen LogP contribution in [-0.4, -0.2) is 53.1 Å². The van der Waals surface area contributed by atoms with Gasteiger partial charge in [0.15, 0.2) is 10.8 Å². The largest absolute Gasteiger partial charge is 0.497 e. The van der Waals surface area contributed by atoms with E-state index >= 15 is 0 Å². The number of nitrogens with zero attached hydrogens (tertiary/aromatic N) is 4. The van der Waals surface area contributed by atoms with E-state index in [9.17, 15) is 14.4 Å². The maximum absolute atomic E-state index is 13.0. The molecule has 4 rings (SSSR count). The molecule has 2 N–H and O–H groups in total. The summed E-state index contributed by atoms with van der Waals surface area (Å²) in [6, 6.07) is 7.41. The van der Waals surface area contributed by atoms with E-state index in [4.69, 9.17) is 4.74 Å². The molecule has 1 saturated heterocycles. The van der Waals surface area contributed by atoms with Crippen molar-refractivity contribution in [2.75, 3.05) is 31.6 Å². The number of nitrogens with one attached hydrogen (secondary N) is 2. The average Bonchev–Trinajstić information content (AvgIpc) is 3.30. The number of ether oxygens (including phenoxy) is 1. The summed E-state index contributed by atoms with van der Waals surface area (Å²) >= 11 is 1.25. The lowest BCUT2D eigenvalue weighted by Gasteiger charge is -2.31. The van der Waals surface area contributed by atoms with Crippen LogP contribution in [0.15, 0.2) is 35.4 Å². The first-order valence-electron chi connectivity index (χ1n) is 11.3. The molecule has 1 aromatic carbocycles. The van der Waals surface area contributed by atoms with Gasteiger partial charge in [0.1, 0.15) is 23.3 Å². The van der Waals surface area contributed by atoms with Gasteiger partial charge in [-0.15, -0.1) is 0 Å². The Morgan fingerprint density at radius 1 is 1.29 bits per heavy atom. The summed E-state index contributed by atoms with van der Waals surface area (Å²) in [5.74, 6) is 0.369. The molecule has 0 radical (unpaired) electrons. The Labute approximate surface area is 201 Å². The minimum absolute atomic E-state index is 0.0498. The topological polar surface area (TPSA) is 118 Å². The van der Waals surface area contributed by atoms with Crippen molar-refractivity contribution in [1.82, 2.24) is 25.2 Å². The van der Waals surface area contributed by atoms with Gasteiger partial charge in [0.05, 0.1) is 13.0 Å². The highest BCUT2D eigenvalue weighted by molar-refractivity contribution is 7.22. The number of rotatable bonds is 8. The number of methoxy groups -OCH3 is 1. The standard InChI is InChI=1S/C23H28N6O4S/c1-3-24-21(31)16-7-5-9-28(12-16)23-27-20-19(34-23)22(32)29(14-26-20)13-18(30)25-11-15-6-4-8-17(10-15)33-2/h4,6,8,10,14,16H,3,5,7,9,11-13H2,1-2H3,(H,24,31)(H,25,30)/t16-/m0/s1. The Morgan fingerprint density at radius 2 is 2.15 bits per heavy atom. The quantitative estimate of drug-likeness (QED) is 0.498. The molecule has 11 heteroatoms. The van der Waals surface area contributed by atoms with E-state index in [1.54, 1.807) is 7.11 Å². The van der Waals surface area contributed by atoms with E-state index in [0.717, 1.165) is 24.9 Å². The molecule has 1 aliphatic heterocycles. The molecule has 0 spiro atoms. The lowest BCUT2D eigenvalue weighted by Crippen LogP contribution is -2.43. The minimum Gasteiger partial charge on any atom is -0.497 e. The van der Waals surface area contributed by atoms with Crippen molar-refractivity contribution in [2.24, 2.45) is 5.92 Å². The Kier molecular flexibility index (Phi) is 7.41. The van der Waals surface area contributed by atoms with E-state index in [0.29, 0.717) is 40.9 Å². The van der Waals surface area contributed by atoms with E-state index in [-0.39, 0.29) is 29.8 Å². The zero-order chi connectivity index (χ0) is 24.1. The van der Waals surface area contributed by atoms with E-state index in [1.165, 1.54) is 22.2 Å². The molecule has 1 fully saturated rings. The molecule has 1 aliphatic rings. The highest BCUT2D eigenvalue weighted by Crippen LogP contribution is 2.29. The Hall–Kier alpha value is -3.47. The normalized spacial score (nSPS) is 15.8. The van der Waals surface area contributed by atoms with Crippen molar-refractivity contribution in [3.8, 4) is 5.75 Å². The summed E-state index contributed by atoms with van der Waals surface area (Å²) in [5.41, 5.74) is 0.953. The van der Waals surface area contributed by atoms with Crippen LogP contribution in [0.1, 0.15) is 25.3 Å². The number of carbonyl (C=O) groups excluding carboxylic acids is 2. The number of aromatic nitrogens is 3. The maximum atomic E-state index is 13.0. The van der Waals surface area contributed by atoms with Crippen molar-refractivity contribution < 1.29 is 14.3 Å². The molecule has 0 aliphatic carbocycles. The third-order valence-corrected chi connectivity index (χ3v) is 6.82. The van der Waals surface area contributed by atoms with Crippen LogP contribution in [0, 0.1) is 5.92 Å². The fraction of sp³-hybridized carbons (Fsp3) is 0.435. The third kappa shape index (κ3) is 5.36. The summed E-state index contributed by atoms with van der Waals surface area (Å²) in [4.78, 5) is 48.6. The van der Waals surface area contributed by atoms with E-state index < -0.39 is 0 Å². The number of fused-ring (bicyclic) bond motifs is 1. The van der Waals surface area contributed by atoms with E-state index in [2.05, 4.69) is 20.6 Å². The Balaban J connectivity index is 1.44. The number of anilines is 1. The van der Waals surface area contributed by atoms with Crippen LogP contribution < -0.4 is 25.8 Å². The number of hydrogen-bond donors (Lipinski definition) is 2. The van der Waals surface area contributed by atoms with Gasteiger partial charge < -0.3 is 20.3 Å². The molecule has 180 valence electrons. The van der Waals surface area contributed by atoms with Crippen LogP contribution in [-0.2, 0) is 22.7 Å². The molecule has 3 aromatic rings. The molecule has 0 bridgehead atoms. The highest BCUT2D eigenvalue weighted by atomic mass is 32.1. The molecule has 3 heterocycles. The number of hydrogen-bond acceptors (Lipinski definition) is 8. The fourth-order valence-electron chi connectivity index (χ4n) is 3.96. The van der Waals surface area contributed by atoms with Crippen molar-refractivity contribution in [1.29, 1.82) is 0 Å². The van der Waals surface area contributed by atoms with Crippen molar-refractivity contribution in [3.63, 3.8) is 0 Å². The van der Waals surface area contributed by atoms with Gasteiger partial charge >= 0.3 is 0 Å².